The lowest BCUT2D eigenvalue weighted by Crippen LogP contribution is -3.00. The van der Waals surface area contributed by atoms with Crippen molar-refractivity contribution in [3.8, 4) is 5.75 Å². The van der Waals surface area contributed by atoms with Crippen molar-refractivity contribution in [2.24, 2.45) is 0 Å². The number of nitro groups is 1. The molecule has 0 fully saturated rings. The maximum Gasteiger partial charge on any atom is 0.308 e. The first-order valence-electron chi connectivity index (χ1n) is 5.96. The van der Waals surface area contributed by atoms with Gasteiger partial charge in [0, 0.05) is 25.1 Å². The van der Waals surface area contributed by atoms with E-state index in [0.29, 0.717) is 12.1 Å². The summed E-state index contributed by atoms with van der Waals surface area (Å²) in [6.07, 6.45) is 3.72. The van der Waals surface area contributed by atoms with Crippen LogP contribution in [0.15, 0.2) is 48.8 Å². The Morgan fingerprint density at radius 2 is 1.95 bits per heavy atom. The Balaban J connectivity index is 0.00000220. The number of halogens is 1. The number of pyridine rings is 1. The zero-order chi connectivity index (χ0) is 14.5. The number of ether oxygens (including phenoxy) is 1. The van der Waals surface area contributed by atoms with Gasteiger partial charge in [-0.15, -0.1) is 0 Å². The summed E-state index contributed by atoms with van der Waals surface area (Å²) >= 11 is 0. The Labute approximate surface area is 131 Å². The smallest absolute Gasteiger partial charge is 0.308 e. The average molecular weight is 353 g/mol. The van der Waals surface area contributed by atoms with Gasteiger partial charge >= 0.3 is 5.97 Å². The van der Waals surface area contributed by atoms with Gasteiger partial charge < -0.3 is 21.7 Å². The average Bonchev–Trinajstić information content (AvgIpc) is 2.41. The van der Waals surface area contributed by atoms with E-state index in [-0.39, 0.29) is 28.4 Å². The first-order chi connectivity index (χ1) is 9.56. The second-order valence-electron chi connectivity index (χ2n) is 4.19. The van der Waals surface area contributed by atoms with Gasteiger partial charge in [-0.2, -0.15) is 0 Å². The highest BCUT2D eigenvalue weighted by atomic mass is 79.9. The van der Waals surface area contributed by atoms with Crippen molar-refractivity contribution in [2.75, 3.05) is 0 Å². The quantitative estimate of drug-likeness (QED) is 0.229. The summed E-state index contributed by atoms with van der Waals surface area (Å²) in [5.74, 6) is -0.298. The first-order valence-corrected chi connectivity index (χ1v) is 5.96. The molecule has 7 heteroatoms. The van der Waals surface area contributed by atoms with E-state index >= 15 is 0 Å². The molecule has 6 nitrogen and oxygen atoms in total. The van der Waals surface area contributed by atoms with Gasteiger partial charge in [-0.25, -0.2) is 4.57 Å². The van der Waals surface area contributed by atoms with Crippen LogP contribution in [0.5, 0.6) is 5.75 Å². The number of non-ortho nitro benzene ring substituents is 1. The van der Waals surface area contributed by atoms with Gasteiger partial charge in [-0.05, 0) is 6.07 Å². The fourth-order valence-electron chi connectivity index (χ4n) is 1.77. The van der Waals surface area contributed by atoms with Crippen LogP contribution in [-0.4, -0.2) is 10.9 Å². The van der Waals surface area contributed by atoms with Crippen molar-refractivity contribution in [3.05, 3.63) is 64.5 Å². The van der Waals surface area contributed by atoms with Gasteiger partial charge in [-0.3, -0.25) is 14.9 Å². The topological polar surface area (TPSA) is 73.3 Å². The first kappa shape index (κ1) is 16.8. The van der Waals surface area contributed by atoms with E-state index in [1.54, 1.807) is 6.07 Å². The molecular formula is C14H13BrN2O4. The van der Waals surface area contributed by atoms with Gasteiger partial charge in [0.25, 0.3) is 5.69 Å². The Morgan fingerprint density at radius 1 is 1.29 bits per heavy atom. The van der Waals surface area contributed by atoms with Gasteiger partial charge in [-0.1, -0.05) is 6.07 Å². The molecule has 0 bridgehead atoms. The fraction of sp³-hybridized carbons (Fsp3) is 0.143. The molecule has 1 heterocycles. The molecule has 0 saturated heterocycles. The van der Waals surface area contributed by atoms with Crippen molar-refractivity contribution >= 4 is 11.7 Å². The van der Waals surface area contributed by atoms with E-state index in [0.717, 1.165) is 0 Å². The maximum atomic E-state index is 11.1. The highest BCUT2D eigenvalue weighted by Gasteiger charge is 2.16. The van der Waals surface area contributed by atoms with Crippen LogP contribution in [0, 0.1) is 10.1 Å². The lowest BCUT2D eigenvalue weighted by atomic mass is 10.1. The van der Waals surface area contributed by atoms with Crippen molar-refractivity contribution in [1.82, 2.24) is 0 Å². The second-order valence-corrected chi connectivity index (χ2v) is 4.19. The lowest BCUT2D eigenvalue weighted by Gasteiger charge is -2.06. The van der Waals surface area contributed by atoms with E-state index in [2.05, 4.69) is 0 Å². The summed E-state index contributed by atoms with van der Waals surface area (Å²) in [5.41, 5.74) is 0.588. The Bertz CT molecular complexity index is 647. The molecule has 0 amide bonds. The zero-order valence-corrected chi connectivity index (χ0v) is 12.8. The minimum atomic E-state index is -0.521. The summed E-state index contributed by atoms with van der Waals surface area (Å²) in [5, 5.41) is 10.8. The second kappa shape index (κ2) is 7.49. The standard InChI is InChI=1S/C14H13N2O4.BrH/c1-11(17)20-14-9-13(16(18)19)6-5-12(14)10-15-7-3-2-4-8-15;/h2-9H,10H2,1H3;1H/q+1;/p-1. The molecule has 2 aromatic rings. The van der Waals surface area contributed by atoms with E-state index in [4.69, 9.17) is 4.74 Å². The zero-order valence-electron chi connectivity index (χ0n) is 11.2. The normalized spacial score (nSPS) is 9.57. The van der Waals surface area contributed by atoms with E-state index < -0.39 is 10.9 Å². The highest BCUT2D eigenvalue weighted by molar-refractivity contribution is 5.70. The number of aromatic nitrogens is 1. The van der Waals surface area contributed by atoms with Gasteiger partial charge in [0.05, 0.1) is 16.6 Å². The number of carbonyl (C=O) groups excluding carboxylic acids is 1. The molecule has 0 N–H and O–H groups in total. The summed E-state index contributed by atoms with van der Waals surface area (Å²) in [7, 11) is 0. The Morgan fingerprint density at radius 3 is 2.52 bits per heavy atom. The van der Waals surface area contributed by atoms with E-state index in [9.17, 15) is 14.9 Å². The van der Waals surface area contributed by atoms with E-state index in [1.807, 2.05) is 35.2 Å². The number of esters is 1. The summed E-state index contributed by atoms with van der Waals surface area (Å²) in [4.78, 5) is 21.3. The largest absolute Gasteiger partial charge is 1.00 e. The van der Waals surface area contributed by atoms with Crippen LogP contribution in [-0.2, 0) is 11.3 Å². The number of hydrogen-bond donors (Lipinski definition) is 0. The molecule has 21 heavy (non-hydrogen) atoms. The molecule has 0 aliphatic carbocycles. The predicted octanol–water partition coefficient (Wildman–Crippen LogP) is -1.14. The van der Waals surface area contributed by atoms with Crippen LogP contribution in [0.4, 0.5) is 5.69 Å². The molecule has 0 unspecified atom stereocenters. The van der Waals surface area contributed by atoms with Crippen LogP contribution < -0.4 is 26.3 Å². The number of nitro benzene ring substituents is 1. The van der Waals surface area contributed by atoms with Crippen molar-refractivity contribution in [2.45, 2.75) is 13.5 Å². The number of benzene rings is 1. The number of rotatable bonds is 4. The van der Waals surface area contributed by atoms with Crippen molar-refractivity contribution in [1.29, 1.82) is 0 Å². The van der Waals surface area contributed by atoms with E-state index in [1.165, 1.54) is 19.1 Å². The number of carbonyl (C=O) groups is 1. The number of hydrogen-bond acceptors (Lipinski definition) is 4. The third kappa shape index (κ3) is 4.64. The SMILES string of the molecule is CC(=O)Oc1cc([N+](=O)[O-])ccc1C[n+]1ccccc1.[Br-]. The molecule has 0 radical (unpaired) electrons. The molecular weight excluding hydrogens is 340 g/mol. The van der Waals surface area contributed by atoms with Gasteiger partial charge in [0.2, 0.25) is 0 Å². The molecule has 110 valence electrons. The molecule has 0 saturated carbocycles. The molecule has 0 aliphatic heterocycles. The molecule has 1 aromatic heterocycles. The van der Waals surface area contributed by atoms with Crippen molar-refractivity contribution in [3.63, 3.8) is 0 Å². The molecule has 0 aliphatic rings. The molecule has 0 spiro atoms. The third-order valence-electron chi connectivity index (χ3n) is 2.65. The molecule has 0 atom stereocenters. The summed E-state index contributed by atoms with van der Waals surface area (Å²) in [6.45, 7) is 1.72. The predicted molar refractivity (Wildman–Crippen MR) is 70.1 cm³/mol. The minimum Gasteiger partial charge on any atom is -1.00 e. The van der Waals surface area contributed by atoms with Gasteiger partial charge in [0.1, 0.15) is 5.75 Å². The highest BCUT2D eigenvalue weighted by Crippen LogP contribution is 2.24. The maximum absolute atomic E-state index is 11.1. The van der Waals surface area contributed by atoms with Crippen LogP contribution in [0.1, 0.15) is 12.5 Å². The minimum absolute atomic E-state index is 0. The monoisotopic (exact) mass is 352 g/mol. The van der Waals surface area contributed by atoms with Crippen molar-refractivity contribution < 1.29 is 36.0 Å². The summed E-state index contributed by atoms with van der Waals surface area (Å²) in [6, 6.07) is 9.88. The van der Waals surface area contributed by atoms with Crippen LogP contribution >= 0.6 is 0 Å². The molecule has 2 rings (SSSR count). The number of nitrogens with zero attached hydrogens (tertiary/aromatic N) is 2. The Hall–Kier alpha value is -2.28. The van der Waals surface area contributed by atoms with Crippen LogP contribution in [0.2, 0.25) is 0 Å². The summed E-state index contributed by atoms with van der Waals surface area (Å²) < 4.78 is 6.93. The van der Waals surface area contributed by atoms with Crippen LogP contribution in [0.3, 0.4) is 0 Å². The Kier molecular flexibility index (Phi) is 5.98. The third-order valence-corrected chi connectivity index (χ3v) is 2.65. The lowest BCUT2D eigenvalue weighted by molar-refractivity contribution is -0.688. The van der Waals surface area contributed by atoms with Gasteiger partial charge in [0.15, 0.2) is 18.9 Å². The molecule has 1 aromatic carbocycles. The van der Waals surface area contributed by atoms with Crippen LogP contribution in [0.25, 0.3) is 0 Å². The fourth-order valence-corrected chi connectivity index (χ4v) is 1.77.